The van der Waals surface area contributed by atoms with Crippen LogP contribution >= 0.6 is 0 Å². The Balaban J connectivity index is 1.50. The number of benzene rings is 1. The first-order valence-electron chi connectivity index (χ1n) is 15.3. The van der Waals surface area contributed by atoms with Crippen molar-refractivity contribution in [2.75, 3.05) is 39.8 Å². The molecule has 4 rings (SSSR count). The van der Waals surface area contributed by atoms with Gasteiger partial charge in [-0.05, 0) is 96.9 Å². The van der Waals surface area contributed by atoms with Crippen molar-refractivity contribution < 1.29 is 38.1 Å². The summed E-state index contributed by atoms with van der Waals surface area (Å²) in [6.45, 7) is 13.8. The normalized spacial score (nSPS) is 23.4. The van der Waals surface area contributed by atoms with Crippen LogP contribution in [0.4, 0.5) is 14.4 Å². The van der Waals surface area contributed by atoms with E-state index in [1.165, 1.54) is 30.6 Å². The summed E-state index contributed by atoms with van der Waals surface area (Å²) in [6, 6.07) is 6.75. The Morgan fingerprint density at radius 2 is 1.63 bits per heavy atom. The van der Waals surface area contributed by atoms with E-state index in [-0.39, 0.29) is 6.54 Å². The van der Waals surface area contributed by atoms with Crippen LogP contribution in [0.1, 0.15) is 72.8 Å². The Morgan fingerprint density at radius 3 is 2.19 bits per heavy atom. The number of rotatable bonds is 8. The Morgan fingerprint density at radius 1 is 0.953 bits per heavy atom. The van der Waals surface area contributed by atoms with Gasteiger partial charge in [0.05, 0.1) is 19.7 Å². The number of nitrogens with zero attached hydrogens (tertiary/aromatic N) is 2. The first-order valence-corrected chi connectivity index (χ1v) is 15.3. The third-order valence-electron chi connectivity index (χ3n) is 8.26. The largest absolute Gasteiger partial charge is 0.509 e. The van der Waals surface area contributed by atoms with Gasteiger partial charge in [0.1, 0.15) is 17.0 Å². The predicted molar refractivity (Wildman–Crippen MR) is 160 cm³/mol. The highest BCUT2D eigenvalue weighted by Gasteiger charge is 2.50. The molecule has 1 aliphatic carbocycles. The molecule has 3 fully saturated rings. The smallest absolute Gasteiger partial charge is 0.497 e. The number of hydrogen-bond donors (Lipinski definition) is 1. The lowest BCUT2D eigenvalue weighted by atomic mass is 9.68. The first-order chi connectivity index (χ1) is 20.2. The van der Waals surface area contributed by atoms with E-state index in [1.807, 2.05) is 24.3 Å². The van der Waals surface area contributed by atoms with E-state index in [9.17, 15) is 14.4 Å². The molecular weight excluding hydrogens is 554 g/mol. The molecule has 3 aliphatic rings. The molecule has 0 aromatic heterocycles. The summed E-state index contributed by atoms with van der Waals surface area (Å²) in [5, 5.41) is 2.87. The second-order valence-corrected chi connectivity index (χ2v) is 14.0. The maximum Gasteiger partial charge on any atom is 0.509 e. The summed E-state index contributed by atoms with van der Waals surface area (Å²) < 4.78 is 28.0. The van der Waals surface area contributed by atoms with Gasteiger partial charge in [-0.25, -0.2) is 14.4 Å². The predicted octanol–water partition coefficient (Wildman–Crippen LogP) is 5.15. The second-order valence-electron chi connectivity index (χ2n) is 14.0. The van der Waals surface area contributed by atoms with Crippen molar-refractivity contribution >= 4 is 18.3 Å². The molecule has 3 atom stereocenters. The number of alkyl carbamates (subject to hydrolysis) is 1. The van der Waals surface area contributed by atoms with Crippen LogP contribution in [0, 0.1) is 5.41 Å². The van der Waals surface area contributed by atoms with E-state index >= 15 is 0 Å². The van der Waals surface area contributed by atoms with Gasteiger partial charge in [-0.1, -0.05) is 18.6 Å². The van der Waals surface area contributed by atoms with Gasteiger partial charge >= 0.3 is 18.3 Å². The molecule has 2 heterocycles. The molecular formula is C32H49N3O8. The van der Waals surface area contributed by atoms with Gasteiger partial charge in [-0.3, -0.25) is 4.90 Å². The molecule has 11 heteroatoms. The van der Waals surface area contributed by atoms with Crippen molar-refractivity contribution in [3.8, 4) is 5.75 Å². The third kappa shape index (κ3) is 9.14. The number of likely N-dealkylation sites (tertiary alicyclic amines) is 2. The van der Waals surface area contributed by atoms with Crippen molar-refractivity contribution in [1.29, 1.82) is 0 Å². The zero-order valence-electron chi connectivity index (χ0n) is 26.8. The number of nitrogens with one attached hydrogen (secondary N) is 1. The number of carbonyl (C=O) groups is 3. The molecule has 2 aliphatic heterocycles. The number of methoxy groups -OCH3 is 1. The molecule has 43 heavy (non-hydrogen) atoms. The molecule has 1 aromatic carbocycles. The van der Waals surface area contributed by atoms with Crippen LogP contribution in [0.25, 0.3) is 0 Å². The van der Waals surface area contributed by atoms with Crippen LogP contribution in [0.15, 0.2) is 24.3 Å². The van der Waals surface area contributed by atoms with Crippen molar-refractivity contribution in [3.05, 3.63) is 29.8 Å². The minimum Gasteiger partial charge on any atom is -0.497 e. The molecule has 2 saturated heterocycles. The van der Waals surface area contributed by atoms with Crippen LogP contribution in [0.3, 0.4) is 0 Å². The highest BCUT2D eigenvalue weighted by atomic mass is 16.7. The summed E-state index contributed by atoms with van der Waals surface area (Å²) >= 11 is 0. The van der Waals surface area contributed by atoms with E-state index in [4.69, 9.17) is 23.7 Å². The van der Waals surface area contributed by atoms with Crippen LogP contribution in [-0.4, -0.2) is 97.4 Å². The molecule has 1 spiro atoms. The zero-order valence-corrected chi connectivity index (χ0v) is 26.8. The topological polar surface area (TPSA) is 116 Å². The van der Waals surface area contributed by atoms with E-state index < -0.39 is 47.8 Å². The Labute approximate surface area is 255 Å². The first kappa shape index (κ1) is 32.7. The number of carbonyl (C=O) groups excluding carboxylic acids is 3. The van der Waals surface area contributed by atoms with Crippen molar-refractivity contribution in [1.82, 2.24) is 15.1 Å². The van der Waals surface area contributed by atoms with Crippen molar-refractivity contribution in [2.45, 2.75) is 103 Å². The maximum atomic E-state index is 13.4. The third-order valence-corrected chi connectivity index (χ3v) is 8.26. The Hall–Kier alpha value is -3.21. The molecule has 1 saturated carbocycles. The van der Waals surface area contributed by atoms with Crippen LogP contribution in [0.5, 0.6) is 5.75 Å². The monoisotopic (exact) mass is 603 g/mol. The second kappa shape index (κ2) is 13.2. The molecule has 2 amide bonds. The van der Waals surface area contributed by atoms with E-state index in [1.54, 1.807) is 48.7 Å². The molecule has 0 radical (unpaired) electrons. The Bertz CT molecular complexity index is 1120. The van der Waals surface area contributed by atoms with Gasteiger partial charge in [-0.2, -0.15) is 0 Å². The number of hydrogen-bond acceptors (Lipinski definition) is 9. The van der Waals surface area contributed by atoms with Gasteiger partial charge in [-0.15, -0.1) is 0 Å². The summed E-state index contributed by atoms with van der Waals surface area (Å²) in [5.41, 5.74) is -0.182. The van der Waals surface area contributed by atoms with Gasteiger partial charge in [0, 0.05) is 19.6 Å². The molecule has 1 aromatic rings. The summed E-state index contributed by atoms with van der Waals surface area (Å²) in [5.74, 6) is 0.693. The molecule has 11 nitrogen and oxygen atoms in total. The molecule has 0 unspecified atom stereocenters. The lowest BCUT2D eigenvalue weighted by Gasteiger charge is -2.38. The van der Waals surface area contributed by atoms with Gasteiger partial charge in [0.2, 0.25) is 0 Å². The summed E-state index contributed by atoms with van der Waals surface area (Å²) in [4.78, 5) is 43.1. The minimum atomic E-state index is -0.966. The number of ether oxygens (including phenoxy) is 5. The van der Waals surface area contributed by atoms with Crippen LogP contribution in [0.2, 0.25) is 0 Å². The fraction of sp³-hybridized carbons (Fsp3) is 0.719. The van der Waals surface area contributed by atoms with E-state index in [0.29, 0.717) is 24.1 Å². The van der Waals surface area contributed by atoms with Gasteiger partial charge in [0.15, 0.2) is 12.2 Å². The summed E-state index contributed by atoms with van der Waals surface area (Å²) in [7, 11) is 1.59. The van der Waals surface area contributed by atoms with E-state index in [2.05, 4.69) is 10.2 Å². The Kier molecular flexibility index (Phi) is 10.0. The maximum absolute atomic E-state index is 13.4. The van der Waals surface area contributed by atoms with Crippen molar-refractivity contribution in [3.63, 3.8) is 0 Å². The zero-order chi connectivity index (χ0) is 31.4. The SMILES string of the molecule is COc1ccc(C[C@@H]2[C@H](OC(=O)NCCN3CCC4(CCC4)C3)[C@@H](OC(=O)OC(C)(C)C)CN2C(=O)OC(C)(C)C)cc1. The van der Waals surface area contributed by atoms with Crippen LogP contribution < -0.4 is 10.1 Å². The van der Waals surface area contributed by atoms with Crippen LogP contribution in [-0.2, 0) is 25.4 Å². The quantitative estimate of drug-likeness (QED) is 0.318. The fourth-order valence-electron chi connectivity index (χ4n) is 6.06. The molecule has 0 bridgehead atoms. The van der Waals surface area contributed by atoms with Crippen molar-refractivity contribution in [2.24, 2.45) is 5.41 Å². The lowest BCUT2D eigenvalue weighted by Crippen LogP contribution is -2.47. The molecule has 240 valence electrons. The van der Waals surface area contributed by atoms with E-state index in [0.717, 1.165) is 25.2 Å². The number of amides is 2. The minimum absolute atomic E-state index is 0.0250. The molecule has 1 N–H and O–H groups in total. The van der Waals surface area contributed by atoms with Gasteiger partial charge in [0.25, 0.3) is 0 Å². The lowest BCUT2D eigenvalue weighted by molar-refractivity contribution is -0.0518. The average molecular weight is 604 g/mol. The highest BCUT2D eigenvalue weighted by molar-refractivity contribution is 5.71. The fourth-order valence-corrected chi connectivity index (χ4v) is 6.06. The average Bonchev–Trinajstić information content (AvgIpc) is 3.45. The summed E-state index contributed by atoms with van der Waals surface area (Å²) in [6.07, 6.45) is 1.39. The van der Waals surface area contributed by atoms with Gasteiger partial charge < -0.3 is 33.9 Å². The highest BCUT2D eigenvalue weighted by Crippen LogP contribution is 2.47. The standard InChI is InChI=1S/C32H49N3O8/c1-30(2,3)42-28(37)35-20-25(40-29(38)43-31(4,5)6)26(24(35)19-22-9-11-23(39-7)12-10-22)41-27(36)33-16-18-34-17-15-32(21-34)13-8-14-32/h9-12,24-26H,8,13-21H2,1-7H3,(H,33,36)/t24-,25+,26+/m1/s1.